The Morgan fingerprint density at radius 3 is 1.34 bits per heavy atom. The quantitative estimate of drug-likeness (QED) is 0.0363. The lowest BCUT2D eigenvalue weighted by molar-refractivity contribution is -0.870. The van der Waals surface area contributed by atoms with Gasteiger partial charge in [-0.25, -0.2) is 4.79 Å². The fourth-order valence-electron chi connectivity index (χ4n) is 6.52. The van der Waals surface area contributed by atoms with Crippen LogP contribution in [0.25, 0.3) is 0 Å². The largest absolute Gasteiger partial charge is 0.756 e. The van der Waals surface area contributed by atoms with Crippen molar-refractivity contribution in [1.82, 2.24) is 10.6 Å². The summed E-state index contributed by atoms with van der Waals surface area (Å²) in [5.41, 5.74) is 0. The van der Waals surface area contributed by atoms with E-state index < -0.39 is 13.9 Å². The van der Waals surface area contributed by atoms with E-state index >= 15 is 0 Å². The number of hydrogen-bond acceptors (Lipinski definition) is 6. The first kappa shape index (κ1) is 52.3. The number of rotatable bonds is 42. The van der Waals surface area contributed by atoms with Crippen molar-refractivity contribution in [2.75, 3.05) is 60.6 Å². The molecule has 10 heteroatoms. The Morgan fingerprint density at radius 2 is 0.943 bits per heavy atom. The number of hydrogen-bond donors (Lipinski definition) is 2. The zero-order valence-corrected chi connectivity index (χ0v) is 36.8. The van der Waals surface area contributed by atoms with Crippen LogP contribution in [0.4, 0.5) is 4.79 Å². The topological polar surface area (TPSA) is 109 Å². The van der Waals surface area contributed by atoms with Gasteiger partial charge in [0.25, 0.3) is 7.82 Å². The summed E-state index contributed by atoms with van der Waals surface area (Å²) in [6.45, 7) is 6.33. The van der Waals surface area contributed by atoms with E-state index in [4.69, 9.17) is 13.8 Å². The van der Waals surface area contributed by atoms with Gasteiger partial charge < -0.3 is 33.8 Å². The van der Waals surface area contributed by atoms with Crippen molar-refractivity contribution >= 4 is 13.9 Å². The smallest absolute Gasteiger partial charge is 0.314 e. The Hall–Kier alpha value is -0.700. The van der Waals surface area contributed by atoms with E-state index in [9.17, 15) is 14.3 Å². The minimum Gasteiger partial charge on any atom is -0.756 e. The van der Waals surface area contributed by atoms with E-state index in [0.717, 1.165) is 25.7 Å². The van der Waals surface area contributed by atoms with Crippen molar-refractivity contribution in [2.45, 2.75) is 213 Å². The molecule has 0 rings (SSSR count). The summed E-state index contributed by atoms with van der Waals surface area (Å²) in [6, 6.07) is -0.321. The number of nitrogens with zero attached hydrogens (tertiary/aromatic N) is 1. The molecule has 0 aliphatic rings. The average Bonchev–Trinajstić information content (AvgIpc) is 3.10. The maximum atomic E-state index is 12.6. The van der Waals surface area contributed by atoms with Gasteiger partial charge in [-0.3, -0.25) is 4.57 Å². The molecular weight excluding hydrogens is 685 g/mol. The van der Waals surface area contributed by atoms with E-state index in [1.807, 2.05) is 21.1 Å². The number of carbonyl (C=O) groups excluding carboxylic acids is 1. The molecule has 0 aliphatic heterocycles. The molecule has 2 atom stereocenters. The maximum absolute atomic E-state index is 12.6. The lowest BCUT2D eigenvalue weighted by Crippen LogP contribution is -2.42. The predicted octanol–water partition coefficient (Wildman–Crippen LogP) is 11.6. The van der Waals surface area contributed by atoms with Crippen molar-refractivity contribution in [2.24, 2.45) is 0 Å². The number of quaternary nitrogens is 1. The average molecular weight is 776 g/mol. The summed E-state index contributed by atoms with van der Waals surface area (Å²) in [6.07, 6.45) is 38.2. The number of unbranched alkanes of at least 4 members (excludes halogenated alkanes) is 28. The highest BCUT2D eigenvalue weighted by atomic mass is 31.2. The number of phosphoric ester groups is 1. The molecule has 2 amide bonds. The lowest BCUT2D eigenvalue weighted by Gasteiger charge is -2.30. The second-order valence-electron chi connectivity index (χ2n) is 16.6. The number of amides is 2. The number of ether oxygens (including phenoxy) is 1. The van der Waals surface area contributed by atoms with Crippen LogP contribution in [0.15, 0.2) is 0 Å². The summed E-state index contributed by atoms with van der Waals surface area (Å²) < 4.78 is 29.5. The van der Waals surface area contributed by atoms with Crippen molar-refractivity contribution in [1.29, 1.82) is 0 Å². The molecule has 0 aliphatic carbocycles. The van der Waals surface area contributed by atoms with Crippen LogP contribution >= 0.6 is 7.82 Å². The first-order valence-corrected chi connectivity index (χ1v) is 24.1. The fourth-order valence-corrected chi connectivity index (χ4v) is 7.39. The molecule has 0 fully saturated rings. The second kappa shape index (κ2) is 38.2. The van der Waals surface area contributed by atoms with Gasteiger partial charge >= 0.3 is 6.03 Å². The van der Waals surface area contributed by atoms with Gasteiger partial charge in [-0.1, -0.05) is 194 Å². The third-order valence-electron chi connectivity index (χ3n) is 10.0. The van der Waals surface area contributed by atoms with Crippen LogP contribution in [0.1, 0.15) is 206 Å². The van der Waals surface area contributed by atoms with E-state index in [1.54, 1.807) is 0 Å². The molecule has 0 aromatic rings. The van der Waals surface area contributed by atoms with Crippen molar-refractivity contribution in [3.63, 3.8) is 0 Å². The predicted molar refractivity (Wildman–Crippen MR) is 223 cm³/mol. The Bertz CT molecular complexity index is 828. The Balaban J connectivity index is 4.13. The second-order valence-corrected chi connectivity index (χ2v) is 18.0. The molecule has 0 aromatic carbocycles. The van der Waals surface area contributed by atoms with Crippen LogP contribution in [0, 0.1) is 0 Å². The molecule has 0 saturated heterocycles. The van der Waals surface area contributed by atoms with Gasteiger partial charge in [0.05, 0.1) is 27.7 Å². The highest BCUT2D eigenvalue weighted by Crippen LogP contribution is 2.39. The van der Waals surface area contributed by atoms with E-state index in [2.05, 4.69) is 24.5 Å². The van der Waals surface area contributed by atoms with Gasteiger partial charge in [-0.2, -0.15) is 0 Å². The molecule has 0 radical (unpaired) electrons. The van der Waals surface area contributed by atoms with Crippen LogP contribution in [-0.2, 0) is 18.3 Å². The van der Waals surface area contributed by atoms with Crippen LogP contribution in [0.3, 0.4) is 0 Å². The molecule has 318 valence electrons. The van der Waals surface area contributed by atoms with Gasteiger partial charge in [0.1, 0.15) is 19.3 Å². The first-order chi connectivity index (χ1) is 25.6. The maximum Gasteiger partial charge on any atom is 0.314 e. The van der Waals surface area contributed by atoms with E-state index in [0.29, 0.717) is 24.2 Å². The molecule has 0 bridgehead atoms. The van der Waals surface area contributed by atoms with Gasteiger partial charge in [0.2, 0.25) is 0 Å². The Morgan fingerprint density at radius 1 is 0.566 bits per heavy atom. The first-order valence-electron chi connectivity index (χ1n) is 22.6. The van der Waals surface area contributed by atoms with Crippen LogP contribution in [0.5, 0.6) is 0 Å². The normalized spacial score (nSPS) is 13.6. The molecule has 0 heterocycles. The SMILES string of the molecule is CCCCCCCCCCCCCCCCCCOCC(CNC(=O)NCCCCCCCCCCCCCCCC)OP(=O)([O-])OCC[N+](C)(C)C. The van der Waals surface area contributed by atoms with Crippen LogP contribution in [0.2, 0.25) is 0 Å². The van der Waals surface area contributed by atoms with E-state index in [-0.39, 0.29) is 25.8 Å². The standard InChI is InChI=1S/C43H90N3O6P/c1-6-8-10-12-14-16-18-20-22-23-25-27-29-31-33-35-38-50-41-42(52-53(48,49)51-39-37-46(3,4)5)40-45-43(47)44-36-34-32-30-28-26-24-21-19-17-15-13-11-9-7-2/h42H,6-41H2,1-5H3,(H2-,44,45,47,48,49). The van der Waals surface area contributed by atoms with Gasteiger partial charge in [0.15, 0.2) is 0 Å². The summed E-state index contributed by atoms with van der Waals surface area (Å²) in [5, 5.41) is 5.67. The molecule has 0 spiro atoms. The van der Waals surface area contributed by atoms with Crippen molar-refractivity contribution < 1.29 is 32.5 Å². The number of nitrogens with one attached hydrogen (secondary N) is 2. The third kappa shape index (κ3) is 42.3. The van der Waals surface area contributed by atoms with Crippen molar-refractivity contribution in [3.8, 4) is 0 Å². The summed E-state index contributed by atoms with van der Waals surface area (Å²) in [4.78, 5) is 25.1. The molecule has 0 aromatic heterocycles. The number of urea groups is 1. The van der Waals surface area contributed by atoms with E-state index in [1.165, 1.54) is 167 Å². The van der Waals surface area contributed by atoms with Gasteiger partial charge in [0, 0.05) is 19.7 Å². The van der Waals surface area contributed by atoms with Crippen molar-refractivity contribution in [3.05, 3.63) is 0 Å². The zero-order valence-electron chi connectivity index (χ0n) is 35.9. The molecule has 0 saturated carbocycles. The third-order valence-corrected chi connectivity index (χ3v) is 11.1. The summed E-state index contributed by atoms with van der Waals surface area (Å²) in [5.74, 6) is 0. The minimum absolute atomic E-state index is 0.0223. The highest BCUT2D eigenvalue weighted by Gasteiger charge is 2.21. The molecule has 9 nitrogen and oxygen atoms in total. The van der Waals surface area contributed by atoms with Crippen LogP contribution < -0.4 is 15.5 Å². The number of carbonyl (C=O) groups is 1. The fraction of sp³-hybridized carbons (Fsp3) is 0.977. The summed E-state index contributed by atoms with van der Waals surface area (Å²) in [7, 11) is 1.35. The summed E-state index contributed by atoms with van der Waals surface area (Å²) >= 11 is 0. The van der Waals surface area contributed by atoms with Crippen LogP contribution in [-0.4, -0.2) is 77.2 Å². The Kier molecular flexibility index (Phi) is 37.7. The molecule has 2 N–H and O–H groups in total. The number of phosphoric acid groups is 1. The lowest BCUT2D eigenvalue weighted by atomic mass is 10.0. The monoisotopic (exact) mass is 776 g/mol. The van der Waals surface area contributed by atoms with Gasteiger partial charge in [-0.15, -0.1) is 0 Å². The Labute approximate surface area is 329 Å². The minimum atomic E-state index is -4.55. The molecular formula is C43H90N3O6P. The molecule has 2 unspecified atom stereocenters. The number of likely N-dealkylation sites (N-methyl/N-ethyl adjacent to an activating group) is 1. The highest BCUT2D eigenvalue weighted by molar-refractivity contribution is 7.45. The molecule has 53 heavy (non-hydrogen) atoms. The van der Waals surface area contributed by atoms with Gasteiger partial charge in [-0.05, 0) is 12.8 Å². The zero-order chi connectivity index (χ0) is 39.1.